The molecular formula is C19H32O6. The largest absolute Gasteiger partial charge is 0.469 e. The maximum Gasteiger partial charge on any atom is 0.305 e. The summed E-state index contributed by atoms with van der Waals surface area (Å²) in [6, 6.07) is 0. The van der Waals surface area contributed by atoms with Crippen LogP contribution in [0, 0.1) is 11.8 Å². The van der Waals surface area contributed by atoms with Crippen LogP contribution in [0.15, 0.2) is 12.2 Å². The molecule has 0 aromatic rings. The van der Waals surface area contributed by atoms with Gasteiger partial charge in [0.25, 0.3) is 0 Å². The van der Waals surface area contributed by atoms with E-state index in [9.17, 15) is 4.79 Å². The average molecular weight is 356 g/mol. The topological polar surface area (TPSA) is 74.2 Å². The first-order valence-electron chi connectivity index (χ1n) is 9.57. The summed E-state index contributed by atoms with van der Waals surface area (Å²) in [5.41, 5.74) is 0. The van der Waals surface area contributed by atoms with Crippen LogP contribution in [0.1, 0.15) is 64.7 Å². The molecule has 0 aromatic carbocycles. The highest BCUT2D eigenvalue weighted by molar-refractivity contribution is 5.68. The molecule has 2 rings (SSSR count). The van der Waals surface area contributed by atoms with Crippen LogP contribution in [0.25, 0.3) is 0 Å². The highest BCUT2D eigenvalue weighted by atomic mass is 17.2. The Morgan fingerprint density at radius 3 is 2.64 bits per heavy atom. The number of hydrogen-bond donors (Lipinski definition) is 1. The summed E-state index contributed by atoms with van der Waals surface area (Å²) >= 11 is 0. The van der Waals surface area contributed by atoms with Crippen molar-refractivity contribution in [2.75, 3.05) is 7.11 Å². The molecule has 2 bridgehead atoms. The molecule has 6 heteroatoms. The molecule has 2 aliphatic rings. The zero-order valence-electron chi connectivity index (χ0n) is 15.4. The maximum absolute atomic E-state index is 11.0. The number of fused-ring (bicyclic) bond motifs is 2. The second-order valence-electron chi connectivity index (χ2n) is 7.07. The summed E-state index contributed by atoms with van der Waals surface area (Å²) in [5, 5.41) is 9.13. The zero-order chi connectivity index (χ0) is 18.1. The second-order valence-corrected chi connectivity index (χ2v) is 7.07. The van der Waals surface area contributed by atoms with Gasteiger partial charge in [-0.05, 0) is 18.8 Å². The first kappa shape index (κ1) is 20.4. The summed E-state index contributed by atoms with van der Waals surface area (Å²) in [5.74, 6) is 0.697. The fourth-order valence-electron chi connectivity index (χ4n) is 3.93. The van der Waals surface area contributed by atoms with Crippen LogP contribution in [0.4, 0.5) is 0 Å². The third-order valence-corrected chi connectivity index (χ3v) is 5.42. The molecule has 1 saturated heterocycles. The highest BCUT2D eigenvalue weighted by Crippen LogP contribution is 2.44. The van der Waals surface area contributed by atoms with Crippen LogP contribution >= 0.6 is 0 Å². The Kier molecular flexibility index (Phi) is 8.89. The normalized spacial score (nSPS) is 29.4. The highest BCUT2D eigenvalue weighted by Gasteiger charge is 2.48. The zero-order valence-corrected chi connectivity index (χ0v) is 15.4. The SMILES string of the molecule is CC[C@H]1[C@@H](/C=C/[C@@H](CCCCCCCC(=O)OC)OO)[C@H]2C[C@@H]1OO2. The number of hydrogen-bond acceptors (Lipinski definition) is 6. The molecule has 5 atom stereocenters. The van der Waals surface area contributed by atoms with Gasteiger partial charge in [0.2, 0.25) is 0 Å². The first-order valence-corrected chi connectivity index (χ1v) is 9.57. The monoisotopic (exact) mass is 356 g/mol. The summed E-state index contributed by atoms with van der Waals surface area (Å²) in [6.45, 7) is 2.18. The minimum absolute atomic E-state index is 0.139. The predicted molar refractivity (Wildman–Crippen MR) is 92.6 cm³/mol. The van der Waals surface area contributed by atoms with Crippen LogP contribution in [-0.2, 0) is 24.2 Å². The van der Waals surface area contributed by atoms with Gasteiger partial charge in [0.05, 0.1) is 13.2 Å². The maximum atomic E-state index is 11.0. The standard InChI is InChI=1S/C19H32O6/c1-3-15-16(18-13-17(15)24-25-18)12-11-14(23-21)9-7-5-4-6-8-10-19(20)22-2/h11-12,14-18,21H,3-10,13H2,1-2H3/b12-11+/t14-,15+,16-,17+,18-/m1/s1. The van der Waals surface area contributed by atoms with Gasteiger partial charge in [0.1, 0.15) is 12.2 Å². The molecule has 1 aliphatic carbocycles. The Hall–Kier alpha value is -0.950. The third kappa shape index (κ3) is 6.06. The Labute approximate surface area is 150 Å². The molecule has 25 heavy (non-hydrogen) atoms. The quantitative estimate of drug-likeness (QED) is 0.187. The number of rotatable bonds is 12. The van der Waals surface area contributed by atoms with Gasteiger partial charge in [0, 0.05) is 18.8 Å². The second kappa shape index (κ2) is 10.9. The summed E-state index contributed by atoms with van der Waals surface area (Å²) in [6.07, 6.45) is 12.5. The third-order valence-electron chi connectivity index (χ3n) is 5.42. The summed E-state index contributed by atoms with van der Waals surface area (Å²) < 4.78 is 4.62. The van der Waals surface area contributed by atoms with E-state index in [1.807, 2.05) is 6.08 Å². The smallest absolute Gasteiger partial charge is 0.305 e. The lowest BCUT2D eigenvalue weighted by molar-refractivity contribution is -0.336. The predicted octanol–water partition coefficient (Wildman–Crippen LogP) is 4.05. The van der Waals surface area contributed by atoms with Crippen molar-refractivity contribution < 1.29 is 29.5 Å². The molecule has 144 valence electrons. The van der Waals surface area contributed by atoms with Gasteiger partial charge in [0.15, 0.2) is 0 Å². The van der Waals surface area contributed by atoms with Crippen LogP contribution in [0.3, 0.4) is 0 Å². The van der Waals surface area contributed by atoms with Gasteiger partial charge >= 0.3 is 5.97 Å². The summed E-state index contributed by atoms with van der Waals surface area (Å²) in [4.78, 5) is 26.3. The molecule has 1 aliphatic heterocycles. The van der Waals surface area contributed by atoms with E-state index >= 15 is 0 Å². The van der Waals surface area contributed by atoms with Crippen molar-refractivity contribution in [1.29, 1.82) is 0 Å². The fourth-order valence-corrected chi connectivity index (χ4v) is 3.93. The lowest BCUT2D eigenvalue weighted by Crippen LogP contribution is -2.28. The minimum atomic E-state index is -0.271. The number of esters is 1. The number of ether oxygens (including phenoxy) is 1. The van der Waals surface area contributed by atoms with Gasteiger partial charge < -0.3 is 4.74 Å². The Bertz CT molecular complexity index is 424. The van der Waals surface area contributed by atoms with E-state index in [1.54, 1.807) is 0 Å². The molecule has 0 radical (unpaired) electrons. The molecule has 0 spiro atoms. The van der Waals surface area contributed by atoms with Crippen LogP contribution in [-0.4, -0.2) is 36.6 Å². The van der Waals surface area contributed by atoms with E-state index in [1.165, 1.54) is 7.11 Å². The molecule has 1 N–H and O–H groups in total. The lowest BCUT2D eigenvalue weighted by atomic mass is 9.90. The van der Waals surface area contributed by atoms with Crippen molar-refractivity contribution in [2.24, 2.45) is 11.8 Å². The number of methoxy groups -OCH3 is 1. The lowest BCUT2D eigenvalue weighted by Gasteiger charge is -2.27. The van der Waals surface area contributed by atoms with E-state index < -0.39 is 0 Å². The van der Waals surface area contributed by atoms with Crippen LogP contribution < -0.4 is 0 Å². The Morgan fingerprint density at radius 2 is 1.92 bits per heavy atom. The van der Waals surface area contributed by atoms with E-state index in [2.05, 4.69) is 22.6 Å². The van der Waals surface area contributed by atoms with E-state index in [0.717, 1.165) is 51.4 Å². The van der Waals surface area contributed by atoms with Crippen LogP contribution in [0.2, 0.25) is 0 Å². The van der Waals surface area contributed by atoms with Crippen molar-refractivity contribution in [1.82, 2.24) is 0 Å². The molecule has 1 heterocycles. The van der Waals surface area contributed by atoms with Gasteiger partial charge in [-0.2, -0.15) is 0 Å². The van der Waals surface area contributed by atoms with Crippen molar-refractivity contribution in [2.45, 2.75) is 83.0 Å². The number of carbonyl (C=O) groups excluding carboxylic acids is 1. The average Bonchev–Trinajstić information content (AvgIpc) is 3.24. The molecule has 2 fully saturated rings. The summed E-state index contributed by atoms with van der Waals surface area (Å²) in [7, 11) is 1.42. The fraction of sp³-hybridized carbons (Fsp3) is 0.842. The molecule has 0 aromatic heterocycles. The molecular weight excluding hydrogens is 324 g/mol. The van der Waals surface area contributed by atoms with E-state index in [4.69, 9.17) is 15.0 Å². The van der Waals surface area contributed by atoms with E-state index in [0.29, 0.717) is 18.3 Å². The first-order chi connectivity index (χ1) is 12.2. The van der Waals surface area contributed by atoms with Gasteiger partial charge in [-0.15, -0.1) is 0 Å². The molecule has 0 amide bonds. The van der Waals surface area contributed by atoms with Crippen molar-refractivity contribution in [3.05, 3.63) is 12.2 Å². The molecule has 6 nitrogen and oxygen atoms in total. The number of carbonyl (C=O) groups is 1. The van der Waals surface area contributed by atoms with Crippen molar-refractivity contribution >= 4 is 5.97 Å². The number of unbranched alkanes of at least 4 members (excludes halogenated alkanes) is 4. The van der Waals surface area contributed by atoms with Gasteiger partial charge in [-0.3, -0.25) is 10.1 Å². The van der Waals surface area contributed by atoms with Gasteiger partial charge in [-0.1, -0.05) is 51.2 Å². The molecule has 1 saturated carbocycles. The van der Waals surface area contributed by atoms with Crippen molar-refractivity contribution in [3.8, 4) is 0 Å². The minimum Gasteiger partial charge on any atom is -0.469 e. The van der Waals surface area contributed by atoms with Gasteiger partial charge in [-0.25, -0.2) is 14.7 Å². The Morgan fingerprint density at radius 1 is 1.20 bits per heavy atom. The van der Waals surface area contributed by atoms with Crippen LogP contribution in [0.5, 0.6) is 0 Å². The van der Waals surface area contributed by atoms with Crippen molar-refractivity contribution in [3.63, 3.8) is 0 Å². The van der Waals surface area contributed by atoms with E-state index in [-0.39, 0.29) is 24.3 Å². The molecule has 0 unspecified atom stereocenters. The Balaban J connectivity index is 1.61.